The summed E-state index contributed by atoms with van der Waals surface area (Å²) in [5, 5.41) is 8.51. The molecule has 0 fully saturated rings. The zero-order valence-corrected chi connectivity index (χ0v) is 10.5. The van der Waals surface area contributed by atoms with Crippen LogP contribution in [0.4, 0.5) is 0 Å². The van der Waals surface area contributed by atoms with E-state index in [1.807, 2.05) is 0 Å². The Balaban J connectivity index is 2.52. The van der Waals surface area contributed by atoms with Gasteiger partial charge in [0.15, 0.2) is 5.78 Å². The molecular formula is C9H10BrNO3S. The molecule has 0 spiro atoms. The standard InChI is InChI=1S/C9H10BrNO3S/c1-11(5-9(13)14)4-6(12)7-2-3-8(10)15-7/h2-3H,4-5H2,1H3,(H,13,14). The van der Waals surface area contributed by atoms with Crippen molar-refractivity contribution in [3.63, 3.8) is 0 Å². The summed E-state index contributed by atoms with van der Waals surface area (Å²) in [7, 11) is 1.61. The van der Waals surface area contributed by atoms with Crippen LogP contribution in [0.5, 0.6) is 0 Å². The van der Waals surface area contributed by atoms with Crippen molar-refractivity contribution in [3.8, 4) is 0 Å². The van der Waals surface area contributed by atoms with E-state index < -0.39 is 5.97 Å². The third-order valence-electron chi connectivity index (χ3n) is 1.67. The summed E-state index contributed by atoms with van der Waals surface area (Å²) in [6, 6.07) is 3.53. The van der Waals surface area contributed by atoms with Crippen LogP contribution in [-0.2, 0) is 4.79 Å². The van der Waals surface area contributed by atoms with Gasteiger partial charge < -0.3 is 5.11 Å². The maximum atomic E-state index is 11.6. The van der Waals surface area contributed by atoms with Crippen molar-refractivity contribution in [2.24, 2.45) is 0 Å². The highest BCUT2D eigenvalue weighted by Gasteiger charge is 2.13. The van der Waals surface area contributed by atoms with Crippen LogP contribution in [0.3, 0.4) is 0 Å². The van der Waals surface area contributed by atoms with Crippen molar-refractivity contribution in [1.82, 2.24) is 4.90 Å². The molecule has 0 amide bonds. The first kappa shape index (κ1) is 12.4. The van der Waals surface area contributed by atoms with Gasteiger partial charge in [0, 0.05) is 0 Å². The number of rotatable bonds is 5. The number of aliphatic carboxylic acids is 1. The van der Waals surface area contributed by atoms with E-state index in [9.17, 15) is 9.59 Å². The fraction of sp³-hybridized carbons (Fsp3) is 0.333. The van der Waals surface area contributed by atoms with Crippen LogP contribution >= 0.6 is 27.3 Å². The summed E-state index contributed by atoms with van der Waals surface area (Å²) in [6.45, 7) is -0.00244. The van der Waals surface area contributed by atoms with Gasteiger partial charge in [-0.25, -0.2) is 0 Å². The third-order valence-corrected chi connectivity index (χ3v) is 3.33. The fourth-order valence-corrected chi connectivity index (χ4v) is 2.39. The SMILES string of the molecule is CN(CC(=O)O)CC(=O)c1ccc(Br)s1. The van der Waals surface area contributed by atoms with E-state index in [1.165, 1.54) is 16.2 Å². The van der Waals surface area contributed by atoms with Gasteiger partial charge in [-0.2, -0.15) is 0 Å². The predicted molar refractivity (Wildman–Crippen MR) is 61.5 cm³/mol. The maximum Gasteiger partial charge on any atom is 0.317 e. The molecule has 0 radical (unpaired) electrons. The molecule has 0 aliphatic carbocycles. The topological polar surface area (TPSA) is 57.6 Å². The molecule has 1 aromatic heterocycles. The second kappa shape index (κ2) is 5.39. The maximum absolute atomic E-state index is 11.6. The number of nitrogens with zero attached hydrogens (tertiary/aromatic N) is 1. The molecule has 0 aliphatic heterocycles. The zero-order chi connectivity index (χ0) is 11.4. The summed E-state index contributed by atoms with van der Waals surface area (Å²) in [4.78, 5) is 24.1. The Hall–Kier alpha value is -0.720. The quantitative estimate of drug-likeness (QED) is 0.839. The van der Waals surface area contributed by atoms with Crippen molar-refractivity contribution in [3.05, 3.63) is 20.8 Å². The average Bonchev–Trinajstić information content (AvgIpc) is 2.49. The van der Waals surface area contributed by atoms with Gasteiger partial charge in [-0.15, -0.1) is 11.3 Å². The van der Waals surface area contributed by atoms with Crippen molar-refractivity contribution >= 4 is 39.0 Å². The minimum atomic E-state index is -0.933. The minimum Gasteiger partial charge on any atom is -0.480 e. The molecule has 4 nitrogen and oxygen atoms in total. The van der Waals surface area contributed by atoms with E-state index >= 15 is 0 Å². The van der Waals surface area contributed by atoms with E-state index in [0.717, 1.165) is 3.79 Å². The number of carbonyl (C=O) groups is 2. The van der Waals surface area contributed by atoms with E-state index in [0.29, 0.717) is 4.88 Å². The molecule has 1 aromatic rings. The van der Waals surface area contributed by atoms with Crippen molar-refractivity contribution in [2.75, 3.05) is 20.1 Å². The molecule has 15 heavy (non-hydrogen) atoms. The first-order chi connectivity index (χ1) is 6.99. The van der Waals surface area contributed by atoms with Crippen LogP contribution in [0, 0.1) is 0 Å². The second-order valence-corrected chi connectivity index (χ2v) is 5.56. The van der Waals surface area contributed by atoms with E-state index in [2.05, 4.69) is 15.9 Å². The molecular weight excluding hydrogens is 282 g/mol. The Bertz CT molecular complexity index is 377. The largest absolute Gasteiger partial charge is 0.480 e. The van der Waals surface area contributed by atoms with E-state index in [1.54, 1.807) is 19.2 Å². The zero-order valence-electron chi connectivity index (χ0n) is 8.07. The van der Waals surface area contributed by atoms with Gasteiger partial charge in [0.05, 0.1) is 21.8 Å². The lowest BCUT2D eigenvalue weighted by atomic mass is 10.3. The highest BCUT2D eigenvalue weighted by molar-refractivity contribution is 9.11. The summed E-state index contributed by atoms with van der Waals surface area (Å²) in [5.74, 6) is -0.993. The first-order valence-electron chi connectivity index (χ1n) is 4.18. The number of halogens is 1. The van der Waals surface area contributed by atoms with E-state index in [-0.39, 0.29) is 18.9 Å². The van der Waals surface area contributed by atoms with Gasteiger partial charge in [0.1, 0.15) is 0 Å². The minimum absolute atomic E-state index is 0.0607. The highest BCUT2D eigenvalue weighted by atomic mass is 79.9. The number of carboxylic acid groups (broad SMARTS) is 1. The predicted octanol–water partition coefficient (Wildman–Crippen LogP) is 1.71. The number of Topliss-reactive ketones (excluding diaryl/α,β-unsaturated/α-hetero) is 1. The van der Waals surface area contributed by atoms with Crippen molar-refractivity contribution in [1.29, 1.82) is 0 Å². The summed E-state index contributed by atoms with van der Waals surface area (Å²) in [5.41, 5.74) is 0. The monoisotopic (exact) mass is 291 g/mol. The molecule has 0 saturated carbocycles. The molecule has 0 aliphatic rings. The van der Waals surface area contributed by atoms with Crippen LogP contribution in [-0.4, -0.2) is 41.9 Å². The van der Waals surface area contributed by atoms with Gasteiger partial charge in [0.2, 0.25) is 0 Å². The molecule has 1 heterocycles. The second-order valence-electron chi connectivity index (χ2n) is 3.09. The molecule has 0 atom stereocenters. The molecule has 0 unspecified atom stereocenters. The van der Waals surface area contributed by atoms with Crippen LogP contribution in [0.25, 0.3) is 0 Å². The average molecular weight is 292 g/mol. The molecule has 6 heteroatoms. The van der Waals surface area contributed by atoms with Crippen LogP contribution in [0.2, 0.25) is 0 Å². The van der Waals surface area contributed by atoms with Gasteiger partial charge in [-0.1, -0.05) is 0 Å². The van der Waals surface area contributed by atoms with Gasteiger partial charge in [-0.3, -0.25) is 14.5 Å². The van der Waals surface area contributed by atoms with E-state index in [4.69, 9.17) is 5.11 Å². The van der Waals surface area contributed by atoms with Crippen molar-refractivity contribution < 1.29 is 14.7 Å². The molecule has 0 bridgehead atoms. The van der Waals surface area contributed by atoms with Crippen LogP contribution < -0.4 is 0 Å². The number of thiophene rings is 1. The molecule has 1 N–H and O–H groups in total. The Morgan fingerprint density at radius 1 is 1.47 bits per heavy atom. The van der Waals surface area contributed by atoms with Gasteiger partial charge in [-0.05, 0) is 35.1 Å². The van der Waals surface area contributed by atoms with Crippen molar-refractivity contribution in [2.45, 2.75) is 0 Å². The number of carboxylic acids is 1. The summed E-state index contributed by atoms with van der Waals surface area (Å²) in [6.07, 6.45) is 0. The molecule has 0 aromatic carbocycles. The smallest absolute Gasteiger partial charge is 0.317 e. The number of hydrogen-bond acceptors (Lipinski definition) is 4. The summed E-state index contributed by atoms with van der Waals surface area (Å²) < 4.78 is 0.895. The summed E-state index contributed by atoms with van der Waals surface area (Å²) >= 11 is 4.62. The Kier molecular flexibility index (Phi) is 4.44. The Labute approximate surface area is 99.6 Å². The lowest BCUT2D eigenvalue weighted by molar-refractivity contribution is -0.137. The lowest BCUT2D eigenvalue weighted by Gasteiger charge is -2.11. The number of ketones is 1. The van der Waals surface area contributed by atoms with Crippen LogP contribution in [0.1, 0.15) is 9.67 Å². The lowest BCUT2D eigenvalue weighted by Crippen LogP contribution is -2.30. The van der Waals surface area contributed by atoms with Gasteiger partial charge >= 0.3 is 5.97 Å². The normalized spacial score (nSPS) is 10.6. The first-order valence-corrected chi connectivity index (χ1v) is 5.79. The number of carbonyl (C=O) groups excluding carboxylic acids is 1. The Morgan fingerprint density at radius 3 is 2.60 bits per heavy atom. The number of likely N-dealkylation sites (N-methyl/N-ethyl adjacent to an activating group) is 1. The van der Waals surface area contributed by atoms with Gasteiger partial charge in [0.25, 0.3) is 0 Å². The number of hydrogen-bond donors (Lipinski definition) is 1. The van der Waals surface area contributed by atoms with Crippen LogP contribution in [0.15, 0.2) is 15.9 Å². The molecule has 0 saturated heterocycles. The molecule has 1 rings (SSSR count). The molecule has 82 valence electrons. The highest BCUT2D eigenvalue weighted by Crippen LogP contribution is 2.22. The third kappa shape index (κ3) is 4.11. The Morgan fingerprint density at radius 2 is 2.13 bits per heavy atom. The fourth-order valence-electron chi connectivity index (χ4n) is 1.07.